The Morgan fingerprint density at radius 3 is 2.41 bits per heavy atom. The third kappa shape index (κ3) is 9.20. The van der Waals surface area contributed by atoms with Crippen molar-refractivity contribution in [3.05, 3.63) is 0 Å². The molecule has 0 aromatic heterocycles. The van der Waals surface area contributed by atoms with Gasteiger partial charge in [-0.1, -0.05) is 13.8 Å². The van der Waals surface area contributed by atoms with E-state index in [0.717, 1.165) is 32.4 Å². The van der Waals surface area contributed by atoms with Gasteiger partial charge in [-0.15, -0.1) is 24.8 Å². The number of rotatable bonds is 7. The van der Waals surface area contributed by atoms with E-state index in [1.165, 1.54) is 4.90 Å². The molecule has 0 saturated carbocycles. The summed E-state index contributed by atoms with van der Waals surface area (Å²) in [6.07, 6.45) is -0.534. The van der Waals surface area contributed by atoms with Gasteiger partial charge in [-0.05, 0) is 56.7 Å². The maximum atomic E-state index is 12.6. The van der Waals surface area contributed by atoms with Crippen LogP contribution >= 0.6 is 24.8 Å². The molecule has 9 heteroatoms. The Balaban J connectivity index is 0.00000338. The second kappa shape index (κ2) is 12.3. The maximum absolute atomic E-state index is 12.6. The van der Waals surface area contributed by atoms with Crippen molar-refractivity contribution in [1.29, 1.82) is 0 Å². The molecule has 2 atom stereocenters. The monoisotopic (exact) mass is 435 g/mol. The van der Waals surface area contributed by atoms with E-state index >= 15 is 0 Å². The number of amides is 1. The predicted octanol–water partition coefficient (Wildman–Crippen LogP) is 3.59. The van der Waals surface area contributed by atoms with E-state index in [1.54, 1.807) is 6.92 Å². The highest BCUT2D eigenvalue weighted by atomic mass is 35.5. The molecule has 0 aromatic carbocycles. The lowest BCUT2D eigenvalue weighted by Crippen LogP contribution is -2.39. The van der Waals surface area contributed by atoms with Crippen LogP contribution < -0.4 is 5.32 Å². The van der Waals surface area contributed by atoms with E-state index in [1.807, 2.05) is 4.90 Å². The Labute approximate surface area is 173 Å². The van der Waals surface area contributed by atoms with Crippen LogP contribution in [0.15, 0.2) is 0 Å². The van der Waals surface area contributed by atoms with Crippen molar-refractivity contribution >= 4 is 30.7 Å². The van der Waals surface area contributed by atoms with Crippen LogP contribution in [-0.2, 0) is 4.79 Å². The van der Waals surface area contributed by atoms with Gasteiger partial charge in [0.2, 0.25) is 5.91 Å². The lowest BCUT2D eigenvalue weighted by Gasteiger charge is -2.29. The molecule has 2 heterocycles. The molecule has 2 fully saturated rings. The van der Waals surface area contributed by atoms with Gasteiger partial charge in [-0.3, -0.25) is 9.69 Å². The van der Waals surface area contributed by atoms with Gasteiger partial charge < -0.3 is 10.2 Å². The van der Waals surface area contributed by atoms with Crippen molar-refractivity contribution < 1.29 is 18.0 Å². The molecule has 0 spiro atoms. The molecule has 2 rings (SSSR count). The molecule has 27 heavy (non-hydrogen) atoms. The first-order valence-corrected chi connectivity index (χ1v) is 9.56. The van der Waals surface area contributed by atoms with Gasteiger partial charge in [0.15, 0.2) is 0 Å². The summed E-state index contributed by atoms with van der Waals surface area (Å²) >= 11 is 0. The smallest absolute Gasteiger partial charge is 0.342 e. The van der Waals surface area contributed by atoms with E-state index in [9.17, 15) is 18.0 Å². The molecule has 0 radical (unpaired) electrons. The molecule has 0 aliphatic carbocycles. The molecular weight excluding hydrogens is 402 g/mol. The fraction of sp³-hybridized carbons (Fsp3) is 0.944. The lowest BCUT2D eigenvalue weighted by atomic mass is 9.84. The fourth-order valence-electron chi connectivity index (χ4n) is 4.12. The average molecular weight is 436 g/mol. The molecule has 162 valence electrons. The first kappa shape index (κ1) is 26.8. The van der Waals surface area contributed by atoms with Crippen LogP contribution in [0.3, 0.4) is 0 Å². The van der Waals surface area contributed by atoms with Gasteiger partial charge >= 0.3 is 6.18 Å². The fourth-order valence-corrected chi connectivity index (χ4v) is 4.12. The average Bonchev–Trinajstić information content (AvgIpc) is 3.02. The van der Waals surface area contributed by atoms with E-state index in [4.69, 9.17) is 0 Å². The highest BCUT2D eigenvalue weighted by Gasteiger charge is 2.34. The van der Waals surface area contributed by atoms with E-state index in [-0.39, 0.29) is 36.6 Å². The summed E-state index contributed by atoms with van der Waals surface area (Å²) in [7, 11) is 0. The molecule has 2 saturated heterocycles. The zero-order chi connectivity index (χ0) is 18.4. The van der Waals surface area contributed by atoms with Crippen molar-refractivity contribution in [2.24, 2.45) is 17.8 Å². The van der Waals surface area contributed by atoms with Crippen molar-refractivity contribution in [2.45, 2.75) is 45.7 Å². The van der Waals surface area contributed by atoms with E-state index in [2.05, 4.69) is 12.2 Å². The predicted molar refractivity (Wildman–Crippen MR) is 107 cm³/mol. The van der Waals surface area contributed by atoms with Crippen LogP contribution in [0, 0.1) is 17.8 Å². The Hall–Kier alpha value is -0.240. The minimum Gasteiger partial charge on any atom is -0.342 e. The van der Waals surface area contributed by atoms with Gasteiger partial charge in [-0.25, -0.2) is 0 Å². The van der Waals surface area contributed by atoms with Crippen LogP contribution in [0.2, 0.25) is 0 Å². The molecule has 2 unspecified atom stereocenters. The SMILES string of the molecule is CCN(CC1CCN(C(=O)CC(C)C2CCNCC2)C1)CC(F)(F)F.Cl.Cl. The summed E-state index contributed by atoms with van der Waals surface area (Å²) in [6, 6.07) is 0. The third-order valence-corrected chi connectivity index (χ3v) is 5.69. The number of nitrogens with one attached hydrogen (secondary N) is 1. The minimum atomic E-state index is -4.16. The summed E-state index contributed by atoms with van der Waals surface area (Å²) in [5.74, 6) is 1.31. The number of piperidine rings is 1. The van der Waals surface area contributed by atoms with E-state index < -0.39 is 12.7 Å². The van der Waals surface area contributed by atoms with Crippen LogP contribution in [0.4, 0.5) is 13.2 Å². The largest absolute Gasteiger partial charge is 0.401 e. The highest BCUT2D eigenvalue weighted by molar-refractivity contribution is 5.85. The third-order valence-electron chi connectivity index (χ3n) is 5.69. The minimum absolute atomic E-state index is 0. The number of likely N-dealkylation sites (tertiary alicyclic amines) is 1. The van der Waals surface area contributed by atoms with Crippen LogP contribution in [0.5, 0.6) is 0 Å². The molecule has 4 nitrogen and oxygen atoms in total. The van der Waals surface area contributed by atoms with Crippen molar-refractivity contribution in [1.82, 2.24) is 15.1 Å². The van der Waals surface area contributed by atoms with Gasteiger partial charge in [0.05, 0.1) is 6.54 Å². The Kier molecular flexibility index (Phi) is 12.2. The molecule has 0 bridgehead atoms. The van der Waals surface area contributed by atoms with Crippen molar-refractivity contribution in [3.63, 3.8) is 0 Å². The normalized spacial score (nSPS) is 22.3. The first-order valence-electron chi connectivity index (χ1n) is 9.56. The molecular formula is C18H34Cl2F3N3O. The van der Waals surface area contributed by atoms with Crippen LogP contribution in [0.1, 0.15) is 39.5 Å². The Morgan fingerprint density at radius 1 is 1.22 bits per heavy atom. The van der Waals surface area contributed by atoms with Gasteiger partial charge in [-0.2, -0.15) is 13.2 Å². The number of hydrogen-bond donors (Lipinski definition) is 1. The van der Waals surface area contributed by atoms with Crippen molar-refractivity contribution in [2.75, 3.05) is 45.8 Å². The molecule has 1 amide bonds. The standard InChI is InChI=1S/C18H32F3N3O.2ClH/c1-3-23(13-18(19,20)21)11-15-6-9-24(12-15)17(25)10-14(2)16-4-7-22-8-5-16;;/h14-16,22H,3-13H2,1-2H3;2*1H. The van der Waals surface area contributed by atoms with E-state index in [0.29, 0.717) is 44.4 Å². The molecule has 2 aliphatic heterocycles. The summed E-state index contributed by atoms with van der Waals surface area (Å²) < 4.78 is 37.7. The second-order valence-corrected chi connectivity index (χ2v) is 7.71. The Bertz CT molecular complexity index is 435. The number of carbonyl (C=O) groups is 1. The van der Waals surface area contributed by atoms with Crippen LogP contribution in [-0.4, -0.2) is 67.7 Å². The first-order chi connectivity index (χ1) is 11.8. The zero-order valence-electron chi connectivity index (χ0n) is 16.3. The van der Waals surface area contributed by atoms with Crippen molar-refractivity contribution in [3.8, 4) is 0 Å². The summed E-state index contributed by atoms with van der Waals surface area (Å²) in [4.78, 5) is 15.9. The van der Waals surface area contributed by atoms with Gasteiger partial charge in [0, 0.05) is 26.1 Å². The second-order valence-electron chi connectivity index (χ2n) is 7.71. The number of alkyl halides is 3. The maximum Gasteiger partial charge on any atom is 0.401 e. The quantitative estimate of drug-likeness (QED) is 0.663. The topological polar surface area (TPSA) is 35.6 Å². The van der Waals surface area contributed by atoms with Gasteiger partial charge in [0.25, 0.3) is 0 Å². The molecule has 2 aliphatic rings. The molecule has 0 aromatic rings. The zero-order valence-corrected chi connectivity index (χ0v) is 17.9. The Morgan fingerprint density at radius 2 is 1.85 bits per heavy atom. The summed E-state index contributed by atoms with van der Waals surface area (Å²) in [6.45, 7) is 7.20. The van der Waals surface area contributed by atoms with Gasteiger partial charge in [0.1, 0.15) is 0 Å². The summed E-state index contributed by atoms with van der Waals surface area (Å²) in [5.41, 5.74) is 0. The number of hydrogen-bond acceptors (Lipinski definition) is 3. The molecule has 1 N–H and O–H groups in total. The summed E-state index contributed by atoms with van der Waals surface area (Å²) in [5, 5.41) is 3.34. The number of halogens is 5. The van der Waals surface area contributed by atoms with Crippen LogP contribution in [0.25, 0.3) is 0 Å². The number of nitrogens with zero attached hydrogens (tertiary/aromatic N) is 2. The number of carbonyl (C=O) groups excluding carboxylic acids is 1. The lowest BCUT2D eigenvalue weighted by molar-refractivity contribution is -0.146. The highest BCUT2D eigenvalue weighted by Crippen LogP contribution is 2.27.